The van der Waals surface area contributed by atoms with Crippen LogP contribution in [0.25, 0.3) is 0 Å². The number of esters is 1. The van der Waals surface area contributed by atoms with Gasteiger partial charge in [-0.3, -0.25) is 13.9 Å². The smallest absolute Gasteiger partial charge is 0.372 e. The lowest BCUT2D eigenvalue weighted by Gasteiger charge is -2.43. The molecule has 0 aliphatic carbocycles. The molecule has 5 atom stereocenters. The molecule has 38 heavy (non-hydrogen) atoms. The number of carbonyl (C=O) groups is 1. The molecule has 2 heterocycles. The van der Waals surface area contributed by atoms with E-state index >= 15 is 0 Å². The highest BCUT2D eigenvalue weighted by Crippen LogP contribution is 2.66. The quantitative estimate of drug-likeness (QED) is 0.141. The number of ether oxygens (including phenoxy) is 2. The van der Waals surface area contributed by atoms with Crippen molar-refractivity contribution < 1.29 is 38.7 Å². The molecule has 1 unspecified atom stereocenters. The van der Waals surface area contributed by atoms with E-state index in [-0.39, 0.29) is 30.6 Å². The van der Waals surface area contributed by atoms with E-state index in [1.54, 1.807) is 18.2 Å². The van der Waals surface area contributed by atoms with Gasteiger partial charge in [-0.25, -0.2) is 9.88 Å². The van der Waals surface area contributed by atoms with Crippen LogP contribution in [-0.2, 0) is 24.3 Å². The Morgan fingerprint density at radius 2 is 1.95 bits per heavy atom. The summed E-state index contributed by atoms with van der Waals surface area (Å²) < 4.78 is 32.7. The van der Waals surface area contributed by atoms with Crippen LogP contribution in [0, 0.1) is 5.92 Å². The van der Waals surface area contributed by atoms with E-state index in [1.807, 2.05) is 13.8 Å². The highest BCUT2D eigenvalue weighted by Gasteiger charge is 2.74. The fraction of sp³-hybridized carbons (Fsp3) is 0.542. The Hall–Kier alpha value is -2.80. The monoisotopic (exact) mass is 554 g/mol. The number of aromatic nitrogens is 2. The molecule has 3 rings (SSSR count). The van der Waals surface area contributed by atoms with E-state index in [1.165, 1.54) is 18.2 Å². The summed E-state index contributed by atoms with van der Waals surface area (Å²) in [7, 11) is -4.69. The van der Waals surface area contributed by atoms with Gasteiger partial charge in [0.05, 0.1) is 12.5 Å². The summed E-state index contributed by atoms with van der Waals surface area (Å²) in [6.07, 6.45) is -0.991. The third-order valence-electron chi connectivity index (χ3n) is 6.60. The molecule has 1 saturated heterocycles. The third-order valence-corrected chi connectivity index (χ3v) is 9.28. The van der Waals surface area contributed by atoms with E-state index < -0.39 is 49.1 Å². The fourth-order valence-electron chi connectivity index (χ4n) is 4.46. The number of aliphatic hydroxyl groups excluding tert-OH is 2. The third kappa shape index (κ3) is 5.35. The number of nitrogen functional groups attached to an aromatic ring is 1. The lowest BCUT2D eigenvalue weighted by Crippen LogP contribution is -2.60. The molecule has 14 heteroatoms. The first-order chi connectivity index (χ1) is 18.0. The van der Waals surface area contributed by atoms with Gasteiger partial charge in [0.1, 0.15) is 30.4 Å². The molecule has 0 spiro atoms. The van der Waals surface area contributed by atoms with E-state index in [0.717, 1.165) is 17.7 Å². The van der Waals surface area contributed by atoms with Crippen LogP contribution in [0.3, 0.4) is 0 Å². The van der Waals surface area contributed by atoms with Gasteiger partial charge >= 0.3 is 19.2 Å². The number of aliphatic hydroxyl groups is 3. The van der Waals surface area contributed by atoms with Gasteiger partial charge in [0.25, 0.3) is 5.47 Å². The molecule has 0 bridgehead atoms. The maximum absolute atomic E-state index is 14.9. The average molecular weight is 555 g/mol. The van der Waals surface area contributed by atoms with Crippen molar-refractivity contribution in [3.63, 3.8) is 0 Å². The number of rotatable bonds is 12. The van der Waals surface area contributed by atoms with Crippen LogP contribution in [0.4, 0.5) is 5.82 Å². The Balaban J connectivity index is 2.12. The fourth-order valence-corrected chi connectivity index (χ4v) is 7.10. The number of benzene rings is 1. The van der Waals surface area contributed by atoms with E-state index in [4.69, 9.17) is 19.7 Å². The second kappa shape index (κ2) is 11.9. The highest BCUT2D eigenvalue weighted by molar-refractivity contribution is 7.58. The van der Waals surface area contributed by atoms with Gasteiger partial charge in [0.2, 0.25) is 0 Å². The van der Waals surface area contributed by atoms with E-state index in [0.29, 0.717) is 12.8 Å². The first-order valence-electron chi connectivity index (χ1n) is 12.3. The predicted octanol–water partition coefficient (Wildman–Crippen LogP) is 0.780. The zero-order valence-corrected chi connectivity index (χ0v) is 22.4. The molecule has 6 N–H and O–H groups in total. The summed E-state index contributed by atoms with van der Waals surface area (Å²) in [6, 6.07) is 9.11. The van der Waals surface area contributed by atoms with Crippen molar-refractivity contribution in [1.29, 1.82) is 0 Å². The van der Waals surface area contributed by atoms with Crippen LogP contribution in [0.15, 0.2) is 47.4 Å². The summed E-state index contributed by atoms with van der Waals surface area (Å²) in [5, 5.41) is 35.1. The standard InChI is InChI=1S/C24H35N4O9P/c1-4-16(5-2)21(31)35-14-12-26-38(34,37-17-9-7-6-8-10-17)24(28-13-11-19(25)27-22(28)32)23(3,33)20(30)18(15-29)36-24/h6-11,13,16,18,20,29-30,33H,4-5,12,14-15H2,1-3H3,(H,26,34)(H2,25,27,32)/t18-,20-,23-,24+,38?/m1/s1. The molecule has 0 radical (unpaired) electrons. The minimum Gasteiger partial charge on any atom is -0.464 e. The molecule has 0 amide bonds. The Bertz CT molecular complexity index is 1200. The van der Waals surface area contributed by atoms with Crippen LogP contribution in [-0.4, -0.2) is 68.4 Å². The Kier molecular flexibility index (Phi) is 9.34. The van der Waals surface area contributed by atoms with Gasteiger partial charge in [-0.15, -0.1) is 0 Å². The molecule has 210 valence electrons. The SMILES string of the molecule is CCC(CC)C(=O)OCCNP(=O)(Oc1ccccc1)[C@@]1(n2ccc(N)nc2=O)O[C@H](CO)[C@@H](O)[C@@]1(C)O. The lowest BCUT2D eigenvalue weighted by atomic mass is 9.96. The Morgan fingerprint density at radius 3 is 2.50 bits per heavy atom. The summed E-state index contributed by atoms with van der Waals surface area (Å²) in [6.45, 7) is 3.57. The largest absolute Gasteiger partial charge is 0.464 e. The highest BCUT2D eigenvalue weighted by atomic mass is 31.2. The van der Waals surface area contributed by atoms with E-state index in [9.17, 15) is 29.5 Å². The Labute approximate surface area is 220 Å². The van der Waals surface area contributed by atoms with Crippen LogP contribution in [0.2, 0.25) is 0 Å². The molecular weight excluding hydrogens is 519 g/mol. The van der Waals surface area contributed by atoms with Crippen molar-refractivity contribution in [2.24, 2.45) is 5.92 Å². The second-order valence-electron chi connectivity index (χ2n) is 9.09. The molecule has 2 aromatic rings. The van der Waals surface area contributed by atoms with Crippen LogP contribution >= 0.6 is 7.52 Å². The predicted molar refractivity (Wildman–Crippen MR) is 137 cm³/mol. The maximum Gasteiger partial charge on any atom is 0.372 e. The number of carbonyl (C=O) groups excluding carboxylic acids is 1. The van der Waals surface area contributed by atoms with Gasteiger partial charge in [0, 0.05) is 12.7 Å². The summed E-state index contributed by atoms with van der Waals surface area (Å²) in [5.74, 6) is -0.801. The van der Waals surface area contributed by atoms with Crippen LogP contribution in [0.5, 0.6) is 5.75 Å². The van der Waals surface area contributed by atoms with Gasteiger partial charge in [0.15, 0.2) is 5.60 Å². The first-order valence-corrected chi connectivity index (χ1v) is 13.9. The van der Waals surface area contributed by atoms with Crippen molar-refractivity contribution in [3.8, 4) is 5.75 Å². The topological polar surface area (TPSA) is 195 Å². The van der Waals surface area contributed by atoms with Crippen LogP contribution < -0.4 is 21.0 Å². The average Bonchev–Trinajstić information content (AvgIpc) is 3.09. The van der Waals surface area contributed by atoms with Gasteiger partial charge in [-0.2, -0.15) is 4.98 Å². The van der Waals surface area contributed by atoms with Gasteiger partial charge < -0.3 is 35.1 Å². The zero-order valence-electron chi connectivity index (χ0n) is 21.5. The molecule has 13 nitrogen and oxygen atoms in total. The molecule has 1 aromatic heterocycles. The number of para-hydroxylation sites is 1. The molecular formula is C24H35N4O9P. The summed E-state index contributed by atoms with van der Waals surface area (Å²) in [5.41, 5.74) is -0.537. The van der Waals surface area contributed by atoms with Crippen molar-refractivity contribution in [1.82, 2.24) is 14.6 Å². The second-order valence-corrected chi connectivity index (χ2v) is 11.3. The maximum atomic E-state index is 14.9. The van der Waals surface area contributed by atoms with Gasteiger partial charge in [-0.1, -0.05) is 32.0 Å². The molecule has 1 aliphatic heterocycles. The number of hydrogen-bond donors (Lipinski definition) is 5. The number of nitrogens with zero attached hydrogens (tertiary/aromatic N) is 2. The minimum atomic E-state index is -4.69. The van der Waals surface area contributed by atoms with Crippen molar-refractivity contribution in [3.05, 3.63) is 53.1 Å². The normalized spacial score (nSPS) is 26.7. The number of hydrogen-bond acceptors (Lipinski definition) is 11. The first kappa shape index (κ1) is 29.8. The molecule has 1 fully saturated rings. The van der Waals surface area contributed by atoms with Crippen molar-refractivity contribution in [2.75, 3.05) is 25.5 Å². The van der Waals surface area contributed by atoms with E-state index in [2.05, 4.69) is 10.1 Å². The molecule has 1 aromatic carbocycles. The zero-order chi connectivity index (χ0) is 28.1. The molecule has 1 aliphatic rings. The van der Waals surface area contributed by atoms with Crippen molar-refractivity contribution in [2.45, 2.75) is 56.9 Å². The number of anilines is 1. The number of nitrogens with one attached hydrogen (secondary N) is 1. The summed E-state index contributed by atoms with van der Waals surface area (Å²) >= 11 is 0. The van der Waals surface area contributed by atoms with Crippen LogP contribution in [0.1, 0.15) is 33.6 Å². The van der Waals surface area contributed by atoms with Gasteiger partial charge in [-0.05, 0) is 38.0 Å². The number of nitrogens with two attached hydrogens (primary N) is 1. The molecule has 0 saturated carbocycles. The minimum absolute atomic E-state index is 0.0783. The lowest BCUT2D eigenvalue weighted by molar-refractivity contribution is -0.148. The Morgan fingerprint density at radius 1 is 1.29 bits per heavy atom. The van der Waals surface area contributed by atoms with Crippen molar-refractivity contribution >= 4 is 19.3 Å². The summed E-state index contributed by atoms with van der Waals surface area (Å²) in [4.78, 5) is 29.0.